The molecule has 1 aliphatic rings. The molecular formula is C56H40N2. The molecule has 0 radical (unpaired) electrons. The molecule has 0 saturated carbocycles. The number of anilines is 2. The molecule has 0 spiro atoms. The van der Waals surface area contributed by atoms with Crippen LogP contribution in [0.15, 0.2) is 224 Å². The molecule has 1 aliphatic carbocycles. The standard InChI is InChI=1S/C56H40N2/c1-2-14-42(15-3-1)50-20-8-10-23-54(50)57(48-34-29-41(30-35-48)46-26-25-39-13-4-5-17-44(39)37-46)47-32-27-40(28-33-47)45-18-12-19-49(38-45)58-55-24-11-9-22-52(55)53-36-31-43-16-6-7-21-51(43)56(53)58/h1-27,29-32,34-38H,28,33H2. The van der Waals surface area contributed by atoms with Crippen LogP contribution in [0.4, 0.5) is 11.4 Å². The summed E-state index contributed by atoms with van der Waals surface area (Å²) in [6.07, 6.45) is 6.54. The zero-order valence-corrected chi connectivity index (χ0v) is 32.1. The first-order valence-corrected chi connectivity index (χ1v) is 20.2. The Labute approximate surface area is 338 Å². The zero-order valence-electron chi connectivity index (χ0n) is 32.1. The van der Waals surface area contributed by atoms with E-state index >= 15 is 0 Å². The molecule has 10 aromatic rings. The molecule has 0 bridgehead atoms. The van der Waals surface area contributed by atoms with Crippen LogP contribution in [0.3, 0.4) is 0 Å². The third-order valence-electron chi connectivity index (χ3n) is 11.9. The summed E-state index contributed by atoms with van der Waals surface area (Å²) >= 11 is 0. The fourth-order valence-corrected chi connectivity index (χ4v) is 9.06. The molecule has 2 heteroatoms. The molecule has 0 aliphatic heterocycles. The van der Waals surface area contributed by atoms with E-state index in [1.807, 2.05) is 0 Å². The van der Waals surface area contributed by atoms with Crippen LogP contribution in [0.25, 0.3) is 76.9 Å². The van der Waals surface area contributed by atoms with Gasteiger partial charge in [0.15, 0.2) is 0 Å². The Kier molecular flexibility index (Phi) is 8.33. The summed E-state index contributed by atoms with van der Waals surface area (Å²) in [5.74, 6) is 0. The summed E-state index contributed by atoms with van der Waals surface area (Å²) in [5, 5.41) is 7.60. The first-order chi connectivity index (χ1) is 28.8. The van der Waals surface area contributed by atoms with Crippen molar-refractivity contribution in [2.75, 3.05) is 4.90 Å². The molecule has 9 aromatic carbocycles. The maximum atomic E-state index is 2.47. The summed E-state index contributed by atoms with van der Waals surface area (Å²) in [4.78, 5) is 2.47. The van der Waals surface area contributed by atoms with E-state index in [9.17, 15) is 0 Å². The van der Waals surface area contributed by atoms with Crippen LogP contribution in [-0.2, 0) is 0 Å². The summed E-state index contributed by atoms with van der Waals surface area (Å²) < 4.78 is 2.46. The second-order valence-electron chi connectivity index (χ2n) is 15.3. The van der Waals surface area contributed by atoms with Crippen molar-refractivity contribution < 1.29 is 0 Å². The summed E-state index contributed by atoms with van der Waals surface area (Å²) in [5.41, 5.74) is 14.7. The van der Waals surface area contributed by atoms with Crippen molar-refractivity contribution in [1.82, 2.24) is 4.57 Å². The molecule has 2 nitrogen and oxygen atoms in total. The molecule has 0 fully saturated rings. The van der Waals surface area contributed by atoms with Gasteiger partial charge in [-0.05, 0) is 105 Å². The van der Waals surface area contributed by atoms with Gasteiger partial charge in [0.25, 0.3) is 0 Å². The van der Waals surface area contributed by atoms with Crippen LogP contribution in [0.5, 0.6) is 0 Å². The third-order valence-corrected chi connectivity index (χ3v) is 11.9. The van der Waals surface area contributed by atoms with E-state index in [4.69, 9.17) is 0 Å². The van der Waals surface area contributed by atoms with Gasteiger partial charge in [0.1, 0.15) is 0 Å². The van der Waals surface area contributed by atoms with Gasteiger partial charge >= 0.3 is 0 Å². The molecule has 58 heavy (non-hydrogen) atoms. The predicted molar refractivity (Wildman–Crippen MR) is 247 cm³/mol. The Balaban J connectivity index is 1.00. The van der Waals surface area contributed by atoms with Crippen molar-refractivity contribution in [1.29, 1.82) is 0 Å². The number of fused-ring (bicyclic) bond motifs is 6. The smallest absolute Gasteiger partial charge is 0.0619 e. The lowest BCUT2D eigenvalue weighted by Gasteiger charge is -2.32. The van der Waals surface area contributed by atoms with E-state index in [-0.39, 0.29) is 0 Å². The number of hydrogen-bond donors (Lipinski definition) is 0. The topological polar surface area (TPSA) is 8.17 Å². The number of benzene rings is 9. The number of nitrogens with zero attached hydrogens (tertiary/aromatic N) is 2. The number of aromatic nitrogens is 1. The van der Waals surface area contributed by atoms with Gasteiger partial charge in [-0.3, -0.25) is 0 Å². The number of hydrogen-bond acceptors (Lipinski definition) is 1. The second kappa shape index (κ2) is 14.3. The van der Waals surface area contributed by atoms with Crippen LogP contribution in [0, 0.1) is 0 Å². The van der Waals surface area contributed by atoms with Crippen molar-refractivity contribution in [3.8, 4) is 27.9 Å². The maximum Gasteiger partial charge on any atom is 0.0619 e. The SMILES string of the molecule is C1=C(c2cccc(-n3c4ccccc4c4ccc5ccccc5c43)c2)CCC(N(c2ccc(-c3ccc4ccccc4c3)cc2)c2ccccc2-c2ccccc2)=C1. The van der Waals surface area contributed by atoms with Crippen molar-refractivity contribution in [2.45, 2.75) is 12.8 Å². The Hall–Kier alpha value is -7.42. The number of rotatable bonds is 7. The van der Waals surface area contributed by atoms with Crippen LogP contribution >= 0.6 is 0 Å². The number of allylic oxidation sites excluding steroid dienone is 4. The Bertz CT molecular complexity index is 3220. The molecule has 0 unspecified atom stereocenters. The van der Waals surface area contributed by atoms with Crippen molar-refractivity contribution in [3.05, 3.63) is 230 Å². The van der Waals surface area contributed by atoms with E-state index < -0.39 is 0 Å². The molecule has 0 N–H and O–H groups in total. The van der Waals surface area contributed by atoms with E-state index in [0.717, 1.165) is 18.5 Å². The molecule has 11 rings (SSSR count). The highest BCUT2D eigenvalue weighted by molar-refractivity contribution is 6.18. The van der Waals surface area contributed by atoms with Crippen LogP contribution in [0.2, 0.25) is 0 Å². The summed E-state index contributed by atoms with van der Waals surface area (Å²) in [6.45, 7) is 0. The largest absolute Gasteiger partial charge is 0.314 e. The van der Waals surface area contributed by atoms with Gasteiger partial charge in [-0.25, -0.2) is 0 Å². The van der Waals surface area contributed by atoms with Crippen molar-refractivity contribution in [3.63, 3.8) is 0 Å². The highest BCUT2D eigenvalue weighted by atomic mass is 15.2. The van der Waals surface area contributed by atoms with Crippen LogP contribution < -0.4 is 4.90 Å². The van der Waals surface area contributed by atoms with Crippen LogP contribution in [-0.4, -0.2) is 4.57 Å². The van der Waals surface area contributed by atoms with E-state index in [1.165, 1.54) is 93.8 Å². The minimum Gasteiger partial charge on any atom is -0.314 e. The summed E-state index contributed by atoms with van der Waals surface area (Å²) in [6, 6.07) is 75.2. The zero-order chi connectivity index (χ0) is 38.4. The second-order valence-corrected chi connectivity index (χ2v) is 15.3. The first-order valence-electron chi connectivity index (χ1n) is 20.2. The lowest BCUT2D eigenvalue weighted by Crippen LogP contribution is -2.18. The highest BCUT2D eigenvalue weighted by Crippen LogP contribution is 2.42. The van der Waals surface area contributed by atoms with Gasteiger partial charge in [-0.15, -0.1) is 0 Å². The van der Waals surface area contributed by atoms with Crippen LogP contribution in [0.1, 0.15) is 18.4 Å². The Morgan fingerprint density at radius 2 is 1.09 bits per heavy atom. The molecule has 0 saturated heterocycles. The van der Waals surface area contributed by atoms with E-state index in [1.54, 1.807) is 0 Å². The Morgan fingerprint density at radius 3 is 1.93 bits per heavy atom. The predicted octanol–water partition coefficient (Wildman–Crippen LogP) is 15.3. The van der Waals surface area contributed by atoms with E-state index in [2.05, 4.69) is 228 Å². The van der Waals surface area contributed by atoms with Gasteiger partial charge in [0.05, 0.1) is 16.7 Å². The molecule has 274 valence electrons. The van der Waals surface area contributed by atoms with Gasteiger partial charge in [-0.1, -0.05) is 170 Å². The fourth-order valence-electron chi connectivity index (χ4n) is 9.06. The Morgan fingerprint density at radius 1 is 0.397 bits per heavy atom. The monoisotopic (exact) mass is 740 g/mol. The lowest BCUT2D eigenvalue weighted by atomic mass is 9.93. The quantitative estimate of drug-likeness (QED) is 0.158. The maximum absolute atomic E-state index is 2.47. The highest BCUT2D eigenvalue weighted by Gasteiger charge is 2.22. The van der Waals surface area contributed by atoms with Crippen molar-refractivity contribution in [2.24, 2.45) is 0 Å². The molecule has 0 atom stereocenters. The lowest BCUT2D eigenvalue weighted by molar-refractivity contribution is 0.930. The van der Waals surface area contributed by atoms with E-state index in [0.29, 0.717) is 0 Å². The van der Waals surface area contributed by atoms with Gasteiger partial charge in [-0.2, -0.15) is 0 Å². The first kappa shape index (κ1) is 33.9. The fraction of sp³-hybridized carbons (Fsp3) is 0.0357. The normalized spacial score (nSPS) is 12.9. The van der Waals surface area contributed by atoms with Gasteiger partial charge in [0, 0.05) is 38.8 Å². The summed E-state index contributed by atoms with van der Waals surface area (Å²) in [7, 11) is 0. The minimum absolute atomic E-state index is 0.908. The molecular weight excluding hydrogens is 701 g/mol. The third kappa shape index (κ3) is 5.90. The molecule has 0 amide bonds. The van der Waals surface area contributed by atoms with Gasteiger partial charge in [0.2, 0.25) is 0 Å². The number of para-hydroxylation sites is 2. The minimum atomic E-state index is 0.908. The molecule has 1 heterocycles. The average molecular weight is 741 g/mol. The van der Waals surface area contributed by atoms with Crippen molar-refractivity contribution >= 4 is 60.3 Å². The average Bonchev–Trinajstić information content (AvgIpc) is 3.65. The molecule has 1 aromatic heterocycles. The van der Waals surface area contributed by atoms with Gasteiger partial charge < -0.3 is 9.47 Å².